The van der Waals surface area contributed by atoms with E-state index in [0.717, 1.165) is 0 Å². The Morgan fingerprint density at radius 3 is 2.29 bits per heavy atom. The SMILES string of the molecule is COCCOCCOCCOc1ccc([N+](=O)[O-])c(N)c1. The van der Waals surface area contributed by atoms with Gasteiger partial charge in [-0.25, -0.2) is 0 Å². The Morgan fingerprint density at radius 2 is 1.71 bits per heavy atom. The quantitative estimate of drug-likeness (QED) is 0.283. The minimum absolute atomic E-state index is 0.0740. The average molecular weight is 300 g/mol. The van der Waals surface area contributed by atoms with Gasteiger partial charge >= 0.3 is 0 Å². The van der Waals surface area contributed by atoms with Crippen molar-refractivity contribution >= 4 is 11.4 Å². The summed E-state index contributed by atoms with van der Waals surface area (Å²) in [6.45, 7) is 2.78. The van der Waals surface area contributed by atoms with Crippen molar-refractivity contribution in [3.63, 3.8) is 0 Å². The number of nitro benzene ring substituents is 1. The van der Waals surface area contributed by atoms with Crippen LogP contribution in [0.2, 0.25) is 0 Å². The lowest BCUT2D eigenvalue weighted by atomic mass is 10.2. The average Bonchev–Trinajstić information content (AvgIpc) is 2.45. The molecule has 0 heterocycles. The Hall–Kier alpha value is -1.90. The summed E-state index contributed by atoms with van der Waals surface area (Å²) in [5, 5.41) is 10.6. The topological polar surface area (TPSA) is 106 Å². The van der Waals surface area contributed by atoms with Crippen molar-refractivity contribution in [2.45, 2.75) is 0 Å². The van der Waals surface area contributed by atoms with Crippen molar-refractivity contribution in [3.8, 4) is 5.75 Å². The van der Waals surface area contributed by atoms with Crippen LogP contribution in [0.15, 0.2) is 18.2 Å². The van der Waals surface area contributed by atoms with Crippen LogP contribution in [-0.4, -0.2) is 51.7 Å². The van der Waals surface area contributed by atoms with E-state index >= 15 is 0 Å². The lowest BCUT2D eigenvalue weighted by Crippen LogP contribution is -2.12. The number of nitrogen functional groups attached to an aromatic ring is 1. The Morgan fingerprint density at radius 1 is 1.10 bits per heavy atom. The zero-order valence-electron chi connectivity index (χ0n) is 11.9. The number of nitrogens with zero attached hydrogens (tertiary/aromatic N) is 1. The normalized spacial score (nSPS) is 10.5. The van der Waals surface area contributed by atoms with Gasteiger partial charge in [0.25, 0.3) is 5.69 Å². The largest absolute Gasteiger partial charge is 0.491 e. The Balaban J connectivity index is 2.13. The fourth-order valence-corrected chi connectivity index (χ4v) is 1.47. The molecule has 1 aromatic carbocycles. The highest BCUT2D eigenvalue weighted by molar-refractivity contribution is 5.60. The van der Waals surface area contributed by atoms with Gasteiger partial charge in [0, 0.05) is 19.2 Å². The number of benzene rings is 1. The molecule has 1 aromatic rings. The van der Waals surface area contributed by atoms with Gasteiger partial charge in [0.15, 0.2) is 0 Å². The molecule has 0 saturated heterocycles. The van der Waals surface area contributed by atoms with Crippen LogP contribution in [0.3, 0.4) is 0 Å². The molecule has 0 bridgehead atoms. The van der Waals surface area contributed by atoms with E-state index in [1.807, 2.05) is 0 Å². The van der Waals surface area contributed by atoms with Crippen LogP contribution >= 0.6 is 0 Å². The predicted molar refractivity (Wildman–Crippen MR) is 76.5 cm³/mol. The summed E-state index contributed by atoms with van der Waals surface area (Å²) in [6.07, 6.45) is 0. The molecule has 0 aliphatic rings. The van der Waals surface area contributed by atoms with Gasteiger partial charge in [-0.3, -0.25) is 10.1 Å². The van der Waals surface area contributed by atoms with Crippen LogP contribution in [0.1, 0.15) is 0 Å². The molecule has 0 spiro atoms. The third-order valence-electron chi connectivity index (χ3n) is 2.50. The summed E-state index contributed by atoms with van der Waals surface area (Å²) >= 11 is 0. The fourth-order valence-electron chi connectivity index (χ4n) is 1.47. The number of methoxy groups -OCH3 is 1. The van der Waals surface area contributed by atoms with Gasteiger partial charge < -0.3 is 24.7 Å². The van der Waals surface area contributed by atoms with Crippen LogP contribution < -0.4 is 10.5 Å². The van der Waals surface area contributed by atoms with Crippen LogP contribution in [0.25, 0.3) is 0 Å². The molecule has 8 nitrogen and oxygen atoms in total. The van der Waals surface area contributed by atoms with Gasteiger partial charge in [0.05, 0.1) is 38.0 Å². The molecule has 8 heteroatoms. The second kappa shape index (κ2) is 9.92. The molecule has 1 rings (SSSR count). The van der Waals surface area contributed by atoms with Crippen LogP contribution in [-0.2, 0) is 14.2 Å². The molecule has 118 valence electrons. The van der Waals surface area contributed by atoms with E-state index < -0.39 is 4.92 Å². The first-order chi connectivity index (χ1) is 10.1. The molecule has 21 heavy (non-hydrogen) atoms. The minimum atomic E-state index is -0.536. The second-order valence-corrected chi connectivity index (χ2v) is 4.04. The van der Waals surface area contributed by atoms with Crippen molar-refractivity contribution < 1.29 is 23.9 Å². The molecule has 0 aliphatic heterocycles. The molecule has 0 fully saturated rings. The van der Waals surface area contributed by atoms with E-state index in [0.29, 0.717) is 45.4 Å². The van der Waals surface area contributed by atoms with Crippen LogP contribution in [0, 0.1) is 10.1 Å². The second-order valence-electron chi connectivity index (χ2n) is 4.04. The third kappa shape index (κ3) is 6.89. The van der Waals surface area contributed by atoms with Gasteiger partial charge in [-0.05, 0) is 6.07 Å². The van der Waals surface area contributed by atoms with E-state index in [2.05, 4.69) is 0 Å². The maximum Gasteiger partial charge on any atom is 0.292 e. The Labute approximate surface area is 122 Å². The monoisotopic (exact) mass is 300 g/mol. The molecule has 0 saturated carbocycles. The first kappa shape index (κ1) is 17.2. The summed E-state index contributed by atoms with van der Waals surface area (Å²) in [4.78, 5) is 10.1. The summed E-state index contributed by atoms with van der Waals surface area (Å²) in [6, 6.07) is 4.24. The Bertz CT molecular complexity index is 441. The molecule has 2 N–H and O–H groups in total. The zero-order valence-corrected chi connectivity index (χ0v) is 11.9. The molecule has 0 amide bonds. The van der Waals surface area contributed by atoms with Crippen LogP contribution in [0.4, 0.5) is 11.4 Å². The number of rotatable bonds is 11. The number of hydrogen-bond donors (Lipinski definition) is 1. The van der Waals surface area contributed by atoms with Gasteiger partial charge in [0.2, 0.25) is 0 Å². The number of hydrogen-bond acceptors (Lipinski definition) is 7. The maximum atomic E-state index is 10.6. The third-order valence-corrected chi connectivity index (χ3v) is 2.50. The van der Waals surface area contributed by atoms with E-state index in [1.165, 1.54) is 18.2 Å². The Kier molecular flexibility index (Phi) is 8.10. The highest BCUT2D eigenvalue weighted by atomic mass is 16.6. The first-order valence-electron chi connectivity index (χ1n) is 6.46. The van der Waals surface area contributed by atoms with E-state index in [9.17, 15) is 10.1 Å². The fraction of sp³-hybridized carbons (Fsp3) is 0.538. The van der Waals surface area contributed by atoms with Gasteiger partial charge in [0.1, 0.15) is 18.0 Å². The zero-order chi connectivity index (χ0) is 15.5. The van der Waals surface area contributed by atoms with Gasteiger partial charge in [-0.1, -0.05) is 0 Å². The summed E-state index contributed by atoms with van der Waals surface area (Å²) in [5.74, 6) is 0.470. The number of nitrogens with two attached hydrogens (primary N) is 1. The predicted octanol–water partition coefficient (Wildman–Crippen LogP) is 1.24. The van der Waals surface area contributed by atoms with E-state index in [-0.39, 0.29) is 11.4 Å². The summed E-state index contributed by atoms with van der Waals surface area (Å²) in [7, 11) is 1.61. The molecule has 0 unspecified atom stereocenters. The van der Waals surface area contributed by atoms with E-state index in [4.69, 9.17) is 24.7 Å². The highest BCUT2D eigenvalue weighted by Gasteiger charge is 2.11. The van der Waals surface area contributed by atoms with Gasteiger partial charge in [-0.15, -0.1) is 0 Å². The van der Waals surface area contributed by atoms with Crippen molar-refractivity contribution in [2.24, 2.45) is 0 Å². The highest BCUT2D eigenvalue weighted by Crippen LogP contribution is 2.25. The maximum absolute atomic E-state index is 10.6. The molecule has 0 aromatic heterocycles. The molecular weight excluding hydrogens is 280 g/mol. The number of anilines is 1. The van der Waals surface area contributed by atoms with Crippen molar-refractivity contribution in [1.29, 1.82) is 0 Å². The first-order valence-corrected chi connectivity index (χ1v) is 6.46. The van der Waals surface area contributed by atoms with Gasteiger partial charge in [-0.2, -0.15) is 0 Å². The van der Waals surface area contributed by atoms with Crippen molar-refractivity contribution in [2.75, 3.05) is 52.5 Å². The standard InChI is InChI=1S/C13H20N2O6/c1-18-4-5-19-6-7-20-8-9-21-11-2-3-13(15(16)17)12(14)10-11/h2-3,10H,4-9,14H2,1H3. The molecule has 0 atom stereocenters. The lowest BCUT2D eigenvalue weighted by Gasteiger charge is -2.08. The molecular formula is C13H20N2O6. The number of ether oxygens (including phenoxy) is 4. The number of nitro groups is 1. The summed E-state index contributed by atoms with van der Waals surface area (Å²) < 4.78 is 20.7. The molecule has 0 radical (unpaired) electrons. The van der Waals surface area contributed by atoms with Crippen molar-refractivity contribution in [3.05, 3.63) is 28.3 Å². The molecule has 0 aliphatic carbocycles. The smallest absolute Gasteiger partial charge is 0.292 e. The van der Waals surface area contributed by atoms with E-state index in [1.54, 1.807) is 7.11 Å². The summed E-state index contributed by atoms with van der Waals surface area (Å²) in [5.41, 5.74) is 5.49. The lowest BCUT2D eigenvalue weighted by molar-refractivity contribution is -0.383. The van der Waals surface area contributed by atoms with Crippen molar-refractivity contribution in [1.82, 2.24) is 0 Å². The van der Waals surface area contributed by atoms with Crippen LogP contribution in [0.5, 0.6) is 5.75 Å². The minimum Gasteiger partial charge on any atom is -0.491 e.